The van der Waals surface area contributed by atoms with Gasteiger partial charge in [-0.3, -0.25) is 9.59 Å². The minimum atomic E-state index is -0.727. The number of nitrogens with two attached hydrogens (primary N) is 2. The van der Waals surface area contributed by atoms with Crippen LogP contribution in [-0.4, -0.2) is 31.6 Å². The number of benzene rings is 1. The SMILES string of the molecule is CC(C)CC(N)C(=O)OCOC(=O)CC(N)c1ccc2c(c1)OCO2. The van der Waals surface area contributed by atoms with Crippen LogP contribution in [0.5, 0.6) is 11.5 Å². The number of ether oxygens (including phenoxy) is 4. The smallest absolute Gasteiger partial charge is 0.325 e. The Morgan fingerprint density at radius 1 is 1.16 bits per heavy atom. The number of fused-ring (bicyclic) bond motifs is 1. The van der Waals surface area contributed by atoms with E-state index in [0.717, 1.165) is 5.56 Å². The van der Waals surface area contributed by atoms with Gasteiger partial charge in [-0.1, -0.05) is 19.9 Å². The predicted molar refractivity (Wildman–Crippen MR) is 88.6 cm³/mol. The molecule has 8 nitrogen and oxygen atoms in total. The maximum atomic E-state index is 11.8. The van der Waals surface area contributed by atoms with Crippen molar-refractivity contribution in [2.45, 2.75) is 38.8 Å². The molecule has 1 aliphatic rings. The zero-order valence-electron chi connectivity index (χ0n) is 14.4. The van der Waals surface area contributed by atoms with E-state index in [2.05, 4.69) is 0 Å². The topological polar surface area (TPSA) is 123 Å². The largest absolute Gasteiger partial charge is 0.454 e. The van der Waals surface area contributed by atoms with Crippen LogP contribution in [0.4, 0.5) is 0 Å². The van der Waals surface area contributed by atoms with Gasteiger partial charge >= 0.3 is 11.9 Å². The molecule has 0 fully saturated rings. The van der Waals surface area contributed by atoms with Crippen molar-refractivity contribution in [2.75, 3.05) is 13.6 Å². The van der Waals surface area contributed by atoms with Crippen LogP contribution in [0.2, 0.25) is 0 Å². The molecule has 0 aliphatic carbocycles. The molecule has 0 spiro atoms. The summed E-state index contributed by atoms with van der Waals surface area (Å²) in [5.41, 5.74) is 12.4. The third-order valence-corrected chi connectivity index (χ3v) is 3.66. The highest BCUT2D eigenvalue weighted by atomic mass is 16.7. The minimum absolute atomic E-state index is 0.0603. The normalized spacial score (nSPS) is 14.9. The predicted octanol–water partition coefficient (Wildman–Crippen LogP) is 1.22. The first-order valence-corrected chi connectivity index (χ1v) is 8.09. The van der Waals surface area contributed by atoms with Crippen molar-refractivity contribution in [2.24, 2.45) is 17.4 Å². The molecule has 8 heteroatoms. The Labute approximate surface area is 146 Å². The molecule has 1 aromatic carbocycles. The number of hydrogen-bond donors (Lipinski definition) is 2. The number of esters is 2. The van der Waals surface area contributed by atoms with E-state index in [4.69, 9.17) is 30.4 Å². The van der Waals surface area contributed by atoms with Gasteiger partial charge in [0.2, 0.25) is 13.6 Å². The van der Waals surface area contributed by atoms with Crippen molar-refractivity contribution in [3.63, 3.8) is 0 Å². The zero-order valence-corrected chi connectivity index (χ0v) is 14.4. The molecule has 0 saturated carbocycles. The quantitative estimate of drug-likeness (QED) is 0.529. The van der Waals surface area contributed by atoms with Gasteiger partial charge in [0.1, 0.15) is 6.04 Å². The van der Waals surface area contributed by atoms with E-state index in [1.165, 1.54) is 0 Å². The van der Waals surface area contributed by atoms with Gasteiger partial charge in [-0.2, -0.15) is 0 Å². The fourth-order valence-corrected chi connectivity index (χ4v) is 2.36. The molecule has 1 aliphatic heterocycles. The highest BCUT2D eigenvalue weighted by Crippen LogP contribution is 2.34. The van der Waals surface area contributed by atoms with Crippen molar-refractivity contribution >= 4 is 11.9 Å². The summed E-state index contributed by atoms with van der Waals surface area (Å²) in [6.07, 6.45) is 0.441. The first-order valence-electron chi connectivity index (χ1n) is 8.09. The van der Waals surface area contributed by atoms with Gasteiger partial charge < -0.3 is 30.4 Å². The van der Waals surface area contributed by atoms with Crippen LogP contribution in [0.25, 0.3) is 0 Å². The van der Waals surface area contributed by atoms with Crippen LogP contribution < -0.4 is 20.9 Å². The van der Waals surface area contributed by atoms with Gasteiger partial charge in [-0.25, -0.2) is 0 Å². The Morgan fingerprint density at radius 2 is 1.88 bits per heavy atom. The van der Waals surface area contributed by atoms with Crippen molar-refractivity contribution in [3.05, 3.63) is 23.8 Å². The molecule has 25 heavy (non-hydrogen) atoms. The van der Waals surface area contributed by atoms with Crippen LogP contribution in [0.3, 0.4) is 0 Å². The molecular weight excluding hydrogens is 328 g/mol. The van der Waals surface area contributed by atoms with E-state index in [0.29, 0.717) is 17.9 Å². The molecule has 2 rings (SSSR count). The second-order valence-corrected chi connectivity index (χ2v) is 6.26. The molecule has 0 saturated heterocycles. The number of carbonyl (C=O) groups excluding carboxylic acids is 2. The van der Waals surface area contributed by atoms with Gasteiger partial charge in [-0.05, 0) is 30.0 Å². The summed E-state index contributed by atoms with van der Waals surface area (Å²) in [7, 11) is 0. The minimum Gasteiger partial charge on any atom is -0.454 e. The van der Waals surface area contributed by atoms with Crippen LogP contribution in [0.1, 0.15) is 38.3 Å². The molecule has 4 N–H and O–H groups in total. The van der Waals surface area contributed by atoms with Crippen LogP contribution >= 0.6 is 0 Å². The van der Waals surface area contributed by atoms with E-state index in [1.807, 2.05) is 13.8 Å². The molecule has 2 unspecified atom stereocenters. The number of carbonyl (C=O) groups is 2. The zero-order chi connectivity index (χ0) is 18.4. The molecular formula is C17H24N2O6. The van der Waals surface area contributed by atoms with E-state index in [9.17, 15) is 9.59 Å². The molecule has 138 valence electrons. The van der Waals surface area contributed by atoms with Crippen LogP contribution in [0, 0.1) is 5.92 Å². The van der Waals surface area contributed by atoms with E-state index in [1.54, 1.807) is 18.2 Å². The van der Waals surface area contributed by atoms with Crippen molar-refractivity contribution in [3.8, 4) is 11.5 Å². The van der Waals surface area contributed by atoms with Crippen molar-refractivity contribution in [1.82, 2.24) is 0 Å². The van der Waals surface area contributed by atoms with Gasteiger partial charge in [0.15, 0.2) is 11.5 Å². The molecule has 0 aromatic heterocycles. The standard InChI is InChI=1S/C17H24N2O6/c1-10(2)5-13(19)17(21)25-9-24-16(20)7-12(18)11-3-4-14-15(6-11)23-8-22-14/h3-4,6,10,12-13H,5,7-9,18-19H2,1-2H3. The summed E-state index contributed by atoms with van der Waals surface area (Å²) < 4.78 is 20.2. The molecule has 2 atom stereocenters. The highest BCUT2D eigenvalue weighted by Gasteiger charge is 2.20. The fraction of sp³-hybridized carbons (Fsp3) is 0.529. The average Bonchev–Trinajstić information content (AvgIpc) is 3.01. The average molecular weight is 352 g/mol. The number of rotatable bonds is 8. The first-order chi connectivity index (χ1) is 11.9. The lowest BCUT2D eigenvalue weighted by molar-refractivity contribution is -0.168. The van der Waals surface area contributed by atoms with Crippen LogP contribution in [0.15, 0.2) is 18.2 Å². The maximum Gasteiger partial charge on any atom is 0.325 e. The summed E-state index contributed by atoms with van der Waals surface area (Å²) in [5.74, 6) is 0.333. The van der Waals surface area contributed by atoms with E-state index < -0.39 is 30.8 Å². The summed E-state index contributed by atoms with van der Waals surface area (Å²) in [5, 5.41) is 0. The second-order valence-electron chi connectivity index (χ2n) is 6.26. The lowest BCUT2D eigenvalue weighted by Crippen LogP contribution is -2.34. The molecule has 0 bridgehead atoms. The number of hydrogen-bond acceptors (Lipinski definition) is 8. The molecule has 1 aromatic rings. The van der Waals surface area contributed by atoms with Gasteiger partial charge in [-0.15, -0.1) is 0 Å². The fourth-order valence-electron chi connectivity index (χ4n) is 2.36. The Morgan fingerprint density at radius 3 is 2.60 bits per heavy atom. The van der Waals surface area contributed by atoms with Gasteiger partial charge in [0.05, 0.1) is 6.42 Å². The summed E-state index contributed by atoms with van der Waals surface area (Å²) in [6, 6.07) is 3.93. The molecule has 1 heterocycles. The lowest BCUT2D eigenvalue weighted by Gasteiger charge is -2.14. The summed E-state index contributed by atoms with van der Waals surface area (Å²) >= 11 is 0. The Hall–Kier alpha value is -2.32. The Balaban J connectivity index is 1.73. The summed E-state index contributed by atoms with van der Waals surface area (Å²) in [6.45, 7) is 3.59. The second kappa shape index (κ2) is 8.68. The van der Waals surface area contributed by atoms with Crippen LogP contribution in [-0.2, 0) is 19.1 Å². The monoisotopic (exact) mass is 352 g/mol. The van der Waals surface area contributed by atoms with E-state index >= 15 is 0 Å². The third-order valence-electron chi connectivity index (χ3n) is 3.66. The Kier molecular flexibility index (Phi) is 6.60. The lowest BCUT2D eigenvalue weighted by atomic mass is 10.0. The van der Waals surface area contributed by atoms with Crippen molar-refractivity contribution in [1.29, 1.82) is 0 Å². The maximum absolute atomic E-state index is 11.8. The molecule has 0 radical (unpaired) electrons. The summed E-state index contributed by atoms with van der Waals surface area (Å²) in [4.78, 5) is 23.4. The molecule has 0 amide bonds. The Bertz CT molecular complexity index is 619. The highest BCUT2D eigenvalue weighted by molar-refractivity contribution is 5.75. The van der Waals surface area contributed by atoms with Crippen molar-refractivity contribution < 1.29 is 28.5 Å². The third kappa shape index (κ3) is 5.61. The van der Waals surface area contributed by atoms with E-state index in [-0.39, 0.29) is 19.1 Å². The first kappa shape index (κ1) is 19.0. The van der Waals surface area contributed by atoms with Gasteiger partial charge in [0.25, 0.3) is 0 Å². The van der Waals surface area contributed by atoms with Gasteiger partial charge in [0, 0.05) is 6.04 Å².